The number of anilines is 1. The number of amides is 1. The largest absolute Gasteiger partial charge is 0.438 e. The number of carbonyl (C=O) groups is 1. The Balaban J connectivity index is 1.47. The maximum atomic E-state index is 13.7. The van der Waals surface area contributed by atoms with Crippen LogP contribution in [0.1, 0.15) is 27.2 Å². The molecule has 182 valence electrons. The summed E-state index contributed by atoms with van der Waals surface area (Å²) in [5.41, 5.74) is 2.83. The Morgan fingerprint density at radius 2 is 1.75 bits per heavy atom. The number of hydrogen-bond acceptors (Lipinski definition) is 5. The van der Waals surface area contributed by atoms with Gasteiger partial charge in [0.1, 0.15) is 17.4 Å². The van der Waals surface area contributed by atoms with Crippen LogP contribution in [0.5, 0.6) is 11.6 Å². The topological polar surface area (TPSA) is 58.6 Å². The van der Waals surface area contributed by atoms with Crippen LogP contribution in [-0.4, -0.2) is 34.4 Å². The Morgan fingerprint density at radius 1 is 0.972 bits per heavy atom. The number of fused-ring (bicyclic) bond motifs is 1. The zero-order chi connectivity index (χ0) is 25.1. The number of hydrogen-bond donors (Lipinski definition) is 0. The molecule has 0 unspecified atom stereocenters. The molecule has 1 amide bonds. The van der Waals surface area contributed by atoms with Gasteiger partial charge >= 0.3 is 0 Å². The molecule has 0 saturated heterocycles. The van der Waals surface area contributed by atoms with Gasteiger partial charge in [-0.3, -0.25) is 4.79 Å². The minimum Gasteiger partial charge on any atom is -0.438 e. The van der Waals surface area contributed by atoms with E-state index in [0.717, 1.165) is 11.3 Å². The second-order valence-corrected chi connectivity index (χ2v) is 8.64. The lowest BCUT2D eigenvalue weighted by Gasteiger charge is -2.30. The highest BCUT2D eigenvalue weighted by molar-refractivity contribution is 5.94. The third-order valence-corrected chi connectivity index (χ3v) is 6.00. The number of ether oxygens (including phenoxy) is 1. The highest BCUT2D eigenvalue weighted by Crippen LogP contribution is 2.32. The maximum absolute atomic E-state index is 13.7. The van der Waals surface area contributed by atoms with E-state index in [1.165, 1.54) is 42.5 Å². The van der Waals surface area contributed by atoms with Gasteiger partial charge in [-0.1, -0.05) is 36.4 Å². The summed E-state index contributed by atoms with van der Waals surface area (Å²) in [6, 6.07) is 21.3. The van der Waals surface area contributed by atoms with Crippen LogP contribution in [0.25, 0.3) is 0 Å². The molecule has 6 nitrogen and oxygen atoms in total. The summed E-state index contributed by atoms with van der Waals surface area (Å²) in [5.74, 6) is 0.0915. The molecular weight excluding hydrogens is 462 g/mol. The maximum Gasteiger partial charge on any atom is 0.254 e. The van der Waals surface area contributed by atoms with Crippen molar-refractivity contribution in [2.75, 3.05) is 18.5 Å². The molecule has 36 heavy (non-hydrogen) atoms. The summed E-state index contributed by atoms with van der Waals surface area (Å²) in [7, 11) is 1.90. The second-order valence-electron chi connectivity index (χ2n) is 8.64. The van der Waals surface area contributed by atoms with Gasteiger partial charge in [-0.25, -0.2) is 13.8 Å². The van der Waals surface area contributed by atoms with E-state index in [4.69, 9.17) is 9.72 Å². The number of aromatic nitrogens is 2. The van der Waals surface area contributed by atoms with E-state index in [-0.39, 0.29) is 23.8 Å². The molecule has 0 spiro atoms. The molecule has 1 aromatic heterocycles. The minimum absolute atomic E-state index is 0.212. The monoisotopic (exact) mass is 486 g/mol. The van der Waals surface area contributed by atoms with Crippen molar-refractivity contribution in [2.45, 2.75) is 19.5 Å². The minimum atomic E-state index is -0.465. The van der Waals surface area contributed by atoms with Crippen LogP contribution in [-0.2, 0) is 19.5 Å². The molecule has 0 aliphatic carbocycles. The molecule has 1 aliphatic rings. The number of benzene rings is 3. The first-order chi connectivity index (χ1) is 17.5. The highest BCUT2D eigenvalue weighted by Gasteiger charge is 2.28. The van der Waals surface area contributed by atoms with Crippen LogP contribution in [0.3, 0.4) is 0 Å². The normalized spacial score (nSPS) is 12.7. The van der Waals surface area contributed by atoms with Crippen molar-refractivity contribution in [3.05, 3.63) is 113 Å². The first-order valence-corrected chi connectivity index (χ1v) is 11.6. The van der Waals surface area contributed by atoms with E-state index < -0.39 is 5.82 Å². The smallest absolute Gasteiger partial charge is 0.254 e. The zero-order valence-corrected chi connectivity index (χ0v) is 19.7. The average Bonchev–Trinajstić information content (AvgIpc) is 2.90. The fourth-order valence-corrected chi connectivity index (χ4v) is 4.15. The molecule has 0 N–H and O–H groups in total. The van der Waals surface area contributed by atoms with Crippen molar-refractivity contribution in [2.24, 2.45) is 0 Å². The Bertz CT molecular complexity index is 1380. The quantitative estimate of drug-likeness (QED) is 0.366. The Labute approximate surface area is 207 Å². The van der Waals surface area contributed by atoms with E-state index in [2.05, 4.69) is 4.98 Å². The van der Waals surface area contributed by atoms with Crippen LogP contribution in [0.15, 0.2) is 78.9 Å². The molecule has 0 bridgehead atoms. The molecular formula is C28H24F2N4O2. The van der Waals surface area contributed by atoms with Gasteiger partial charge < -0.3 is 14.5 Å². The van der Waals surface area contributed by atoms with Gasteiger partial charge in [-0.2, -0.15) is 4.98 Å². The third-order valence-electron chi connectivity index (χ3n) is 6.00. The van der Waals surface area contributed by atoms with Crippen molar-refractivity contribution < 1.29 is 18.3 Å². The first-order valence-electron chi connectivity index (χ1n) is 11.6. The lowest BCUT2D eigenvalue weighted by atomic mass is 10.0. The van der Waals surface area contributed by atoms with Gasteiger partial charge in [0.05, 0.1) is 17.8 Å². The van der Waals surface area contributed by atoms with Crippen LogP contribution in [0, 0.1) is 11.6 Å². The van der Waals surface area contributed by atoms with E-state index in [0.29, 0.717) is 42.7 Å². The van der Waals surface area contributed by atoms with Crippen LogP contribution in [0.2, 0.25) is 0 Å². The molecule has 0 radical (unpaired) electrons. The molecule has 2 heterocycles. The van der Waals surface area contributed by atoms with E-state index >= 15 is 0 Å². The molecule has 3 aromatic carbocycles. The lowest BCUT2D eigenvalue weighted by molar-refractivity contribution is 0.0731. The van der Waals surface area contributed by atoms with Gasteiger partial charge in [0.2, 0.25) is 11.8 Å². The van der Waals surface area contributed by atoms with Gasteiger partial charge in [-0.15, -0.1) is 0 Å². The number of nitrogens with zero attached hydrogens (tertiary/aromatic N) is 4. The predicted octanol–water partition coefficient (Wildman–Crippen LogP) is 5.38. The fourth-order valence-electron chi connectivity index (χ4n) is 4.15. The first kappa shape index (κ1) is 23.4. The molecule has 0 atom stereocenters. The summed E-state index contributed by atoms with van der Waals surface area (Å²) in [4.78, 5) is 26.1. The lowest BCUT2D eigenvalue weighted by Crippen LogP contribution is -2.37. The summed E-state index contributed by atoms with van der Waals surface area (Å²) >= 11 is 0. The van der Waals surface area contributed by atoms with Gasteiger partial charge in [0.25, 0.3) is 5.91 Å². The van der Waals surface area contributed by atoms with Gasteiger partial charge in [-0.05, 0) is 48.0 Å². The van der Waals surface area contributed by atoms with E-state index in [1.807, 2.05) is 42.3 Å². The summed E-state index contributed by atoms with van der Waals surface area (Å²) in [6.45, 7) is 1.24. The van der Waals surface area contributed by atoms with Crippen molar-refractivity contribution in [1.29, 1.82) is 0 Å². The Kier molecular flexibility index (Phi) is 6.58. The second kappa shape index (κ2) is 10.1. The molecule has 4 aromatic rings. The van der Waals surface area contributed by atoms with Gasteiger partial charge in [0, 0.05) is 32.1 Å². The SMILES string of the molecule is CN(Cc1ccccc1)c1nc2c(c(Oc3ccc(F)cc3)n1)CN(C(=O)c1cccc(F)c1)CC2. The molecule has 1 aliphatic heterocycles. The fraction of sp³-hybridized carbons (Fsp3) is 0.179. The molecule has 8 heteroatoms. The molecule has 5 rings (SSSR count). The summed E-state index contributed by atoms with van der Waals surface area (Å²) in [6.07, 6.45) is 0.491. The third kappa shape index (κ3) is 5.17. The van der Waals surface area contributed by atoms with Crippen LogP contribution in [0.4, 0.5) is 14.7 Å². The van der Waals surface area contributed by atoms with Crippen LogP contribution < -0.4 is 9.64 Å². The van der Waals surface area contributed by atoms with Gasteiger partial charge in [0.15, 0.2) is 0 Å². The number of carbonyl (C=O) groups excluding carboxylic acids is 1. The highest BCUT2D eigenvalue weighted by atomic mass is 19.1. The summed E-state index contributed by atoms with van der Waals surface area (Å²) < 4.78 is 33.2. The predicted molar refractivity (Wildman–Crippen MR) is 132 cm³/mol. The Hall–Kier alpha value is -4.33. The van der Waals surface area contributed by atoms with Crippen molar-refractivity contribution >= 4 is 11.9 Å². The van der Waals surface area contributed by atoms with Crippen molar-refractivity contribution in [1.82, 2.24) is 14.9 Å². The van der Waals surface area contributed by atoms with E-state index in [9.17, 15) is 13.6 Å². The Morgan fingerprint density at radius 3 is 2.50 bits per heavy atom. The zero-order valence-electron chi connectivity index (χ0n) is 19.7. The van der Waals surface area contributed by atoms with Crippen molar-refractivity contribution in [3.8, 4) is 11.6 Å². The van der Waals surface area contributed by atoms with E-state index in [1.54, 1.807) is 11.0 Å². The standard InChI is InChI=1S/C28H24F2N4O2/c1-33(17-19-6-3-2-4-7-19)28-31-25-14-15-34(27(35)20-8-5-9-22(30)16-20)18-24(25)26(32-28)36-23-12-10-21(29)11-13-23/h2-13,16H,14-15,17-18H2,1H3. The van der Waals surface area contributed by atoms with Crippen LogP contribution >= 0.6 is 0 Å². The van der Waals surface area contributed by atoms with Crippen molar-refractivity contribution in [3.63, 3.8) is 0 Å². The molecule has 0 fully saturated rings. The number of rotatable bonds is 6. The summed E-state index contributed by atoms with van der Waals surface area (Å²) in [5, 5.41) is 0. The molecule has 0 saturated carbocycles. The number of halogens is 2. The average molecular weight is 487 g/mol.